The summed E-state index contributed by atoms with van der Waals surface area (Å²) in [6.07, 6.45) is 0. The molecule has 0 bridgehead atoms. The molecule has 0 atom stereocenters. The molecule has 0 saturated carbocycles. The molecule has 0 saturated heterocycles. The van der Waals surface area contributed by atoms with E-state index >= 15 is 0 Å². The minimum Gasteiger partial charge on any atom is -0.493 e. The predicted octanol–water partition coefficient (Wildman–Crippen LogP) is 3.19. The number of halogens is 1. The fourth-order valence-corrected chi connectivity index (χ4v) is 3.52. The predicted molar refractivity (Wildman–Crippen MR) is 87.3 cm³/mol. The monoisotopic (exact) mass is 369 g/mol. The summed E-state index contributed by atoms with van der Waals surface area (Å²) in [5.41, 5.74) is 6.78. The van der Waals surface area contributed by atoms with Crippen LogP contribution in [-0.2, 0) is 9.84 Å². The molecule has 2 N–H and O–H groups in total. The molecule has 0 amide bonds. The Bertz CT molecular complexity index is 727. The zero-order valence-electron chi connectivity index (χ0n) is 11.5. The average molecular weight is 370 g/mol. The van der Waals surface area contributed by atoms with Gasteiger partial charge in [-0.3, -0.25) is 0 Å². The summed E-state index contributed by atoms with van der Waals surface area (Å²) >= 11 is 3.33. The van der Waals surface area contributed by atoms with Gasteiger partial charge in [-0.1, -0.05) is 22.0 Å². The summed E-state index contributed by atoms with van der Waals surface area (Å²) in [4.78, 5) is 0.266. The third kappa shape index (κ3) is 4.22. The van der Waals surface area contributed by atoms with Gasteiger partial charge in [0.2, 0.25) is 0 Å². The first-order chi connectivity index (χ1) is 9.88. The lowest BCUT2D eigenvalue weighted by Gasteiger charge is -2.10. The van der Waals surface area contributed by atoms with Gasteiger partial charge in [0.1, 0.15) is 12.4 Å². The smallest absolute Gasteiger partial charge is 0.182 e. The van der Waals surface area contributed by atoms with Gasteiger partial charge in [0.15, 0.2) is 9.84 Å². The Morgan fingerprint density at radius 1 is 1.14 bits per heavy atom. The molecule has 2 aromatic rings. The fraction of sp³-hybridized carbons (Fsp3) is 0.200. The number of benzene rings is 2. The summed E-state index contributed by atoms with van der Waals surface area (Å²) in [6.45, 7) is 1.85. The molecule has 112 valence electrons. The summed E-state index contributed by atoms with van der Waals surface area (Å²) in [6, 6.07) is 12.1. The van der Waals surface area contributed by atoms with Crippen LogP contribution in [0.1, 0.15) is 5.56 Å². The van der Waals surface area contributed by atoms with E-state index in [0.29, 0.717) is 17.0 Å². The molecule has 0 spiro atoms. The number of nitrogens with two attached hydrogens (primary N) is 1. The van der Waals surface area contributed by atoms with Gasteiger partial charge in [-0.25, -0.2) is 8.42 Å². The van der Waals surface area contributed by atoms with Crippen molar-refractivity contribution in [1.29, 1.82) is 0 Å². The molecular weight excluding hydrogens is 354 g/mol. The molecule has 0 aliphatic carbocycles. The Morgan fingerprint density at radius 2 is 1.81 bits per heavy atom. The quantitative estimate of drug-likeness (QED) is 0.821. The van der Waals surface area contributed by atoms with Crippen LogP contribution in [0.25, 0.3) is 0 Å². The summed E-state index contributed by atoms with van der Waals surface area (Å²) in [5, 5.41) is 0. The van der Waals surface area contributed by atoms with E-state index < -0.39 is 9.84 Å². The van der Waals surface area contributed by atoms with E-state index in [2.05, 4.69) is 15.9 Å². The first-order valence-corrected chi connectivity index (χ1v) is 8.80. The van der Waals surface area contributed by atoms with E-state index in [1.54, 1.807) is 31.2 Å². The van der Waals surface area contributed by atoms with Crippen molar-refractivity contribution in [2.75, 3.05) is 18.1 Å². The first kappa shape index (κ1) is 15.9. The van der Waals surface area contributed by atoms with Crippen molar-refractivity contribution in [3.05, 3.63) is 52.5 Å². The van der Waals surface area contributed by atoms with Crippen LogP contribution in [0.4, 0.5) is 5.69 Å². The minimum atomic E-state index is -3.41. The number of nitrogen functional groups attached to an aromatic ring is 1. The number of sulfone groups is 1. The SMILES string of the molecule is Cc1ccc(N)cc1S(=O)(=O)CCOc1ccc(Br)cc1. The Kier molecular flexibility index (Phi) is 4.90. The van der Waals surface area contributed by atoms with E-state index in [0.717, 1.165) is 4.47 Å². The van der Waals surface area contributed by atoms with Gasteiger partial charge < -0.3 is 10.5 Å². The van der Waals surface area contributed by atoms with Gasteiger partial charge in [0.25, 0.3) is 0 Å². The van der Waals surface area contributed by atoms with Gasteiger partial charge in [-0.05, 0) is 48.9 Å². The number of aryl methyl sites for hydroxylation is 1. The van der Waals surface area contributed by atoms with Crippen molar-refractivity contribution in [3.8, 4) is 5.75 Å². The van der Waals surface area contributed by atoms with E-state index in [-0.39, 0.29) is 17.3 Å². The molecule has 0 radical (unpaired) electrons. The van der Waals surface area contributed by atoms with Crippen LogP contribution in [0.3, 0.4) is 0 Å². The normalized spacial score (nSPS) is 11.3. The summed E-state index contributed by atoms with van der Waals surface area (Å²) in [5.74, 6) is 0.547. The summed E-state index contributed by atoms with van der Waals surface area (Å²) in [7, 11) is -3.41. The lowest BCUT2D eigenvalue weighted by Crippen LogP contribution is -2.15. The van der Waals surface area contributed by atoms with Crippen molar-refractivity contribution in [3.63, 3.8) is 0 Å². The largest absolute Gasteiger partial charge is 0.493 e. The molecule has 0 unspecified atom stereocenters. The van der Waals surface area contributed by atoms with E-state index in [1.807, 2.05) is 12.1 Å². The van der Waals surface area contributed by atoms with Crippen molar-refractivity contribution in [2.45, 2.75) is 11.8 Å². The van der Waals surface area contributed by atoms with Crippen molar-refractivity contribution < 1.29 is 13.2 Å². The molecule has 2 rings (SSSR count). The number of anilines is 1. The Balaban J connectivity index is 2.04. The third-order valence-corrected chi connectivity index (χ3v) is 5.32. The molecule has 0 heterocycles. The molecule has 6 heteroatoms. The molecule has 2 aromatic carbocycles. The highest BCUT2D eigenvalue weighted by atomic mass is 79.9. The second-order valence-electron chi connectivity index (χ2n) is 4.65. The minimum absolute atomic E-state index is 0.0899. The van der Waals surface area contributed by atoms with Crippen LogP contribution in [0, 0.1) is 6.92 Å². The number of hydrogen-bond donors (Lipinski definition) is 1. The fourth-order valence-electron chi connectivity index (χ4n) is 1.86. The maximum absolute atomic E-state index is 12.3. The second-order valence-corrected chi connectivity index (χ2v) is 7.64. The second kappa shape index (κ2) is 6.49. The van der Waals surface area contributed by atoms with Crippen LogP contribution in [0.5, 0.6) is 5.75 Å². The lowest BCUT2D eigenvalue weighted by atomic mass is 10.2. The Labute approximate surface area is 133 Å². The lowest BCUT2D eigenvalue weighted by molar-refractivity contribution is 0.341. The van der Waals surface area contributed by atoms with Crippen LogP contribution in [-0.4, -0.2) is 20.8 Å². The highest BCUT2D eigenvalue weighted by Gasteiger charge is 2.17. The maximum atomic E-state index is 12.3. The van der Waals surface area contributed by atoms with Crippen LogP contribution < -0.4 is 10.5 Å². The van der Waals surface area contributed by atoms with Gasteiger partial charge in [0.05, 0.1) is 10.6 Å². The Hall–Kier alpha value is -1.53. The molecule has 0 fully saturated rings. The standard InChI is InChI=1S/C15H16BrNO3S/c1-11-2-5-13(17)10-15(11)21(18,19)9-8-20-14-6-3-12(16)4-7-14/h2-7,10H,8-9,17H2,1H3. The van der Waals surface area contributed by atoms with Crippen LogP contribution in [0.2, 0.25) is 0 Å². The van der Waals surface area contributed by atoms with E-state index in [4.69, 9.17) is 10.5 Å². The Morgan fingerprint density at radius 3 is 2.48 bits per heavy atom. The zero-order chi connectivity index (χ0) is 15.5. The molecule has 0 aliphatic rings. The van der Waals surface area contributed by atoms with Gasteiger partial charge in [0, 0.05) is 10.2 Å². The van der Waals surface area contributed by atoms with Crippen LogP contribution >= 0.6 is 15.9 Å². The number of ether oxygens (including phenoxy) is 1. The number of rotatable bonds is 5. The van der Waals surface area contributed by atoms with Crippen molar-refractivity contribution in [1.82, 2.24) is 0 Å². The third-order valence-electron chi connectivity index (χ3n) is 2.98. The average Bonchev–Trinajstić information content (AvgIpc) is 2.43. The highest BCUT2D eigenvalue weighted by molar-refractivity contribution is 9.10. The van der Waals surface area contributed by atoms with Crippen molar-refractivity contribution >= 4 is 31.5 Å². The maximum Gasteiger partial charge on any atom is 0.182 e. The first-order valence-electron chi connectivity index (χ1n) is 6.36. The van der Waals surface area contributed by atoms with E-state index in [1.165, 1.54) is 6.07 Å². The molecule has 0 aromatic heterocycles. The van der Waals surface area contributed by atoms with Gasteiger partial charge in [-0.15, -0.1) is 0 Å². The zero-order valence-corrected chi connectivity index (χ0v) is 13.9. The van der Waals surface area contributed by atoms with Crippen molar-refractivity contribution in [2.24, 2.45) is 0 Å². The molecular formula is C15H16BrNO3S. The number of hydrogen-bond acceptors (Lipinski definition) is 4. The van der Waals surface area contributed by atoms with E-state index in [9.17, 15) is 8.42 Å². The molecule has 21 heavy (non-hydrogen) atoms. The molecule has 0 aliphatic heterocycles. The molecule has 4 nitrogen and oxygen atoms in total. The highest BCUT2D eigenvalue weighted by Crippen LogP contribution is 2.20. The van der Waals surface area contributed by atoms with Gasteiger partial charge >= 0.3 is 0 Å². The summed E-state index contributed by atoms with van der Waals surface area (Å²) < 4.78 is 31.0. The topological polar surface area (TPSA) is 69.4 Å². The van der Waals surface area contributed by atoms with Gasteiger partial charge in [-0.2, -0.15) is 0 Å². The van der Waals surface area contributed by atoms with Crippen LogP contribution in [0.15, 0.2) is 51.8 Å².